The van der Waals surface area contributed by atoms with E-state index in [1.54, 1.807) is 6.07 Å². The summed E-state index contributed by atoms with van der Waals surface area (Å²) < 4.78 is 20.5. The highest BCUT2D eigenvalue weighted by Crippen LogP contribution is 2.42. The van der Waals surface area contributed by atoms with Crippen molar-refractivity contribution in [3.63, 3.8) is 0 Å². The maximum atomic E-state index is 13.9. The van der Waals surface area contributed by atoms with E-state index >= 15 is 0 Å². The van der Waals surface area contributed by atoms with E-state index in [0.29, 0.717) is 23.6 Å². The second kappa shape index (κ2) is 6.53. The van der Waals surface area contributed by atoms with Crippen LogP contribution in [0.2, 0.25) is 0 Å². The number of cyclic esters (lactones) is 1. The van der Waals surface area contributed by atoms with Crippen molar-refractivity contribution in [2.24, 2.45) is 0 Å². The Bertz CT molecular complexity index is 1080. The SMILES string of the molecule is CCCCn1c2c(c(=O)[nH]c1=O)[C@H](c1cccc(F)c1)C1=C(COC1=O)N2. The molecule has 2 aromatic rings. The van der Waals surface area contributed by atoms with Crippen molar-refractivity contribution in [3.8, 4) is 0 Å². The Labute approximate surface area is 153 Å². The topological polar surface area (TPSA) is 93.2 Å². The van der Waals surface area contributed by atoms with Crippen LogP contribution in [-0.2, 0) is 16.1 Å². The Hall–Kier alpha value is -3.16. The molecule has 1 atom stereocenters. The Morgan fingerprint density at radius 3 is 2.85 bits per heavy atom. The summed E-state index contributed by atoms with van der Waals surface area (Å²) in [5.74, 6) is -1.50. The van der Waals surface area contributed by atoms with Crippen molar-refractivity contribution < 1.29 is 13.9 Å². The Kier molecular flexibility index (Phi) is 4.18. The van der Waals surface area contributed by atoms with Gasteiger partial charge in [0.05, 0.1) is 22.8 Å². The average Bonchev–Trinajstić information content (AvgIpc) is 3.00. The van der Waals surface area contributed by atoms with Gasteiger partial charge in [0.15, 0.2) is 0 Å². The molecule has 0 unspecified atom stereocenters. The number of anilines is 1. The molecule has 2 aliphatic rings. The van der Waals surface area contributed by atoms with Crippen molar-refractivity contribution in [2.75, 3.05) is 11.9 Å². The quantitative estimate of drug-likeness (QED) is 0.800. The lowest BCUT2D eigenvalue weighted by Gasteiger charge is -2.28. The standard InChI is InChI=1S/C19H18FN3O4/c1-2-3-7-23-16-15(17(24)22-19(23)26)13(10-5-4-6-11(20)8-10)14-12(21-16)9-27-18(14)25/h4-6,8,13,21H,2-3,7,9H2,1H3,(H,22,24,26)/t13-/m1/s1. The summed E-state index contributed by atoms with van der Waals surface area (Å²) in [5, 5.41) is 3.05. The number of carbonyl (C=O) groups excluding carboxylic acids is 1. The number of ether oxygens (including phenoxy) is 1. The molecular formula is C19H18FN3O4. The van der Waals surface area contributed by atoms with Crippen LogP contribution in [0.5, 0.6) is 0 Å². The molecule has 0 amide bonds. The van der Waals surface area contributed by atoms with E-state index in [-0.39, 0.29) is 17.7 Å². The first-order chi connectivity index (χ1) is 13.0. The molecule has 0 saturated carbocycles. The number of nitrogens with zero attached hydrogens (tertiary/aromatic N) is 1. The minimum absolute atomic E-state index is 0.0220. The van der Waals surface area contributed by atoms with Gasteiger partial charge in [-0.15, -0.1) is 0 Å². The normalized spacial score (nSPS) is 18.0. The van der Waals surface area contributed by atoms with Gasteiger partial charge >= 0.3 is 11.7 Å². The van der Waals surface area contributed by atoms with Gasteiger partial charge in [0.25, 0.3) is 5.56 Å². The monoisotopic (exact) mass is 371 g/mol. The fraction of sp³-hybridized carbons (Fsp3) is 0.316. The number of carbonyl (C=O) groups is 1. The number of H-pyrrole nitrogens is 1. The van der Waals surface area contributed by atoms with Gasteiger partial charge in [0.2, 0.25) is 0 Å². The first-order valence-corrected chi connectivity index (χ1v) is 8.81. The van der Waals surface area contributed by atoms with E-state index in [0.717, 1.165) is 12.8 Å². The minimum atomic E-state index is -0.806. The fourth-order valence-electron chi connectivity index (χ4n) is 3.64. The molecule has 4 rings (SSSR count). The fourth-order valence-corrected chi connectivity index (χ4v) is 3.64. The Morgan fingerprint density at radius 2 is 2.11 bits per heavy atom. The average molecular weight is 371 g/mol. The number of aromatic amines is 1. The number of hydrogen-bond donors (Lipinski definition) is 2. The van der Waals surface area contributed by atoms with Gasteiger partial charge in [-0.05, 0) is 24.1 Å². The first kappa shape index (κ1) is 17.3. The van der Waals surface area contributed by atoms with Crippen molar-refractivity contribution in [1.29, 1.82) is 0 Å². The summed E-state index contributed by atoms with van der Waals surface area (Å²) in [6, 6.07) is 5.76. The summed E-state index contributed by atoms with van der Waals surface area (Å²) in [7, 11) is 0. The highest BCUT2D eigenvalue weighted by Gasteiger charge is 2.41. The van der Waals surface area contributed by atoms with Crippen molar-refractivity contribution in [2.45, 2.75) is 32.2 Å². The molecule has 7 nitrogen and oxygen atoms in total. The van der Waals surface area contributed by atoms with Gasteiger partial charge in [-0.2, -0.15) is 0 Å². The van der Waals surface area contributed by atoms with Gasteiger partial charge in [-0.1, -0.05) is 25.5 Å². The predicted molar refractivity (Wildman–Crippen MR) is 96.1 cm³/mol. The smallest absolute Gasteiger partial charge is 0.337 e. The highest BCUT2D eigenvalue weighted by atomic mass is 19.1. The minimum Gasteiger partial charge on any atom is -0.456 e. The third-order valence-electron chi connectivity index (χ3n) is 4.89. The molecule has 0 spiro atoms. The van der Waals surface area contributed by atoms with Crippen molar-refractivity contribution >= 4 is 11.8 Å². The number of aromatic nitrogens is 2. The van der Waals surface area contributed by atoms with Gasteiger partial charge in [0.1, 0.15) is 18.2 Å². The number of benzene rings is 1. The zero-order chi connectivity index (χ0) is 19.1. The van der Waals surface area contributed by atoms with E-state index in [4.69, 9.17) is 4.74 Å². The maximum absolute atomic E-state index is 13.9. The molecule has 0 fully saturated rings. The van der Waals surface area contributed by atoms with Crippen LogP contribution in [0.25, 0.3) is 0 Å². The van der Waals surface area contributed by atoms with Crippen molar-refractivity contribution in [3.05, 3.63) is 73.3 Å². The molecule has 0 saturated heterocycles. The number of esters is 1. The molecule has 2 aliphatic heterocycles. The molecule has 8 heteroatoms. The molecule has 0 radical (unpaired) electrons. The van der Waals surface area contributed by atoms with Crippen molar-refractivity contribution in [1.82, 2.24) is 9.55 Å². The number of halogens is 1. The third-order valence-corrected chi connectivity index (χ3v) is 4.89. The van der Waals surface area contributed by atoms with Gasteiger partial charge in [-0.3, -0.25) is 14.3 Å². The van der Waals surface area contributed by atoms with Crippen LogP contribution in [0.4, 0.5) is 10.2 Å². The van der Waals surface area contributed by atoms with Crippen LogP contribution in [0.1, 0.15) is 36.8 Å². The van der Waals surface area contributed by atoms with Crippen LogP contribution in [0.15, 0.2) is 45.1 Å². The van der Waals surface area contributed by atoms with E-state index in [2.05, 4.69) is 10.3 Å². The van der Waals surface area contributed by atoms with Gasteiger partial charge in [0, 0.05) is 6.54 Å². The van der Waals surface area contributed by atoms with Crippen LogP contribution in [-0.4, -0.2) is 22.1 Å². The summed E-state index contributed by atoms with van der Waals surface area (Å²) in [6.07, 6.45) is 1.61. The van der Waals surface area contributed by atoms with Crippen LogP contribution in [0.3, 0.4) is 0 Å². The predicted octanol–water partition coefficient (Wildman–Crippen LogP) is 1.84. The maximum Gasteiger partial charge on any atom is 0.337 e. The van der Waals surface area contributed by atoms with Crippen LogP contribution < -0.4 is 16.6 Å². The molecule has 3 heterocycles. The Balaban J connectivity index is 2.00. The van der Waals surface area contributed by atoms with E-state index in [1.807, 2.05) is 6.92 Å². The first-order valence-electron chi connectivity index (χ1n) is 8.81. The lowest BCUT2D eigenvalue weighted by molar-refractivity contribution is -0.136. The Morgan fingerprint density at radius 1 is 1.30 bits per heavy atom. The molecule has 140 valence electrons. The summed E-state index contributed by atoms with van der Waals surface area (Å²) >= 11 is 0. The summed E-state index contributed by atoms with van der Waals surface area (Å²) in [5.41, 5.74) is 0.322. The second-order valence-corrected chi connectivity index (χ2v) is 6.61. The van der Waals surface area contributed by atoms with E-state index in [9.17, 15) is 18.8 Å². The number of rotatable bonds is 4. The second-order valence-electron chi connectivity index (χ2n) is 6.61. The lowest BCUT2D eigenvalue weighted by Crippen LogP contribution is -2.38. The van der Waals surface area contributed by atoms with E-state index in [1.165, 1.54) is 22.8 Å². The number of nitrogens with one attached hydrogen (secondary N) is 2. The van der Waals surface area contributed by atoms with Crippen LogP contribution >= 0.6 is 0 Å². The molecule has 1 aromatic heterocycles. The number of fused-ring (bicyclic) bond motifs is 1. The summed E-state index contributed by atoms with van der Waals surface area (Å²) in [6.45, 7) is 2.43. The summed E-state index contributed by atoms with van der Waals surface area (Å²) in [4.78, 5) is 39.7. The lowest BCUT2D eigenvalue weighted by atomic mass is 9.82. The molecule has 0 aliphatic carbocycles. The zero-order valence-electron chi connectivity index (χ0n) is 14.7. The number of hydrogen-bond acceptors (Lipinski definition) is 5. The zero-order valence-corrected chi connectivity index (χ0v) is 14.7. The van der Waals surface area contributed by atoms with Gasteiger partial charge < -0.3 is 10.1 Å². The molecule has 2 N–H and O–H groups in total. The van der Waals surface area contributed by atoms with E-state index < -0.39 is 29.0 Å². The van der Waals surface area contributed by atoms with Crippen LogP contribution in [0, 0.1) is 5.82 Å². The largest absolute Gasteiger partial charge is 0.456 e. The van der Waals surface area contributed by atoms with Gasteiger partial charge in [-0.25, -0.2) is 14.0 Å². The molecule has 27 heavy (non-hydrogen) atoms. The third kappa shape index (κ3) is 2.77. The molecule has 1 aromatic carbocycles. The highest BCUT2D eigenvalue weighted by molar-refractivity contribution is 5.96. The molecular weight excluding hydrogens is 353 g/mol. The molecule has 0 bridgehead atoms. The number of unbranched alkanes of at least 4 members (excludes halogenated alkanes) is 1.